The van der Waals surface area contributed by atoms with Crippen molar-refractivity contribution in [3.05, 3.63) is 59.4 Å². The van der Waals surface area contributed by atoms with Gasteiger partial charge in [0.05, 0.1) is 24.8 Å². The van der Waals surface area contributed by atoms with Crippen LogP contribution < -0.4 is 15.8 Å². The standard InChI is InChI=1S/C31H42BN3O6/c1-29(2,3)39-28(37)21-12-8-10-18(26(21)38-7)14-24(35-27(36)25(33)19-11-9-13-34-17-19)32-40-23-16-20-15-22(30(20,4)5)31(23,6)41-32/h8-13,17,20,22-25H,14-16,33H2,1-7H3,(H,35,36)/t20-,22-,23+,24?,25?,31-/m0/s1. The number of esters is 1. The van der Waals surface area contributed by atoms with Gasteiger partial charge in [-0.2, -0.15) is 0 Å². The number of benzene rings is 1. The lowest BCUT2D eigenvalue weighted by molar-refractivity contribution is -0.199. The molecule has 1 amide bonds. The Bertz CT molecular complexity index is 1300. The lowest BCUT2D eigenvalue weighted by Gasteiger charge is -2.64. The topological polar surface area (TPSA) is 122 Å². The molecule has 0 radical (unpaired) electrons. The molecule has 220 valence electrons. The molecule has 1 aliphatic heterocycles. The van der Waals surface area contributed by atoms with E-state index in [-0.39, 0.29) is 23.8 Å². The summed E-state index contributed by atoms with van der Waals surface area (Å²) in [5.74, 6) is -0.113. The Morgan fingerprint density at radius 1 is 1.20 bits per heavy atom. The maximum absolute atomic E-state index is 13.5. The number of nitrogens with zero attached hydrogens (tertiary/aromatic N) is 1. The zero-order valence-electron chi connectivity index (χ0n) is 25.1. The van der Waals surface area contributed by atoms with Gasteiger partial charge in [-0.05, 0) is 87.5 Å². The first-order valence-corrected chi connectivity index (χ1v) is 14.4. The van der Waals surface area contributed by atoms with Crippen LogP contribution in [-0.4, -0.2) is 54.3 Å². The third-order valence-electron chi connectivity index (χ3n) is 9.31. The summed E-state index contributed by atoms with van der Waals surface area (Å²) in [6.07, 6.45) is 5.48. The van der Waals surface area contributed by atoms with Crippen LogP contribution >= 0.6 is 0 Å². The number of nitrogens with two attached hydrogens (primary N) is 1. The van der Waals surface area contributed by atoms with Gasteiger partial charge in [-0.15, -0.1) is 0 Å². The number of amides is 1. The van der Waals surface area contributed by atoms with Crippen LogP contribution in [0.4, 0.5) is 0 Å². The molecule has 3 saturated carbocycles. The van der Waals surface area contributed by atoms with Crippen molar-refractivity contribution in [3.63, 3.8) is 0 Å². The van der Waals surface area contributed by atoms with Crippen LogP contribution in [0.5, 0.6) is 5.75 Å². The van der Waals surface area contributed by atoms with Crippen molar-refractivity contribution >= 4 is 19.0 Å². The van der Waals surface area contributed by atoms with E-state index in [0.717, 1.165) is 12.8 Å². The Hall–Kier alpha value is -2.95. The number of para-hydroxylation sites is 1. The van der Waals surface area contributed by atoms with Crippen LogP contribution in [0.25, 0.3) is 0 Å². The highest BCUT2D eigenvalue weighted by molar-refractivity contribution is 6.48. The molecule has 9 nitrogen and oxygen atoms in total. The Morgan fingerprint density at radius 2 is 1.95 bits per heavy atom. The molecule has 1 saturated heterocycles. The fraction of sp³-hybridized carbons (Fsp3) is 0.581. The van der Waals surface area contributed by atoms with E-state index < -0.39 is 36.3 Å². The van der Waals surface area contributed by atoms with E-state index in [0.29, 0.717) is 34.3 Å². The predicted octanol–water partition coefficient (Wildman–Crippen LogP) is 4.04. The average Bonchev–Trinajstić information content (AvgIpc) is 3.28. The van der Waals surface area contributed by atoms with Crippen molar-refractivity contribution in [2.75, 3.05) is 7.11 Å². The number of rotatable bonds is 8. The zero-order valence-corrected chi connectivity index (χ0v) is 25.1. The smallest absolute Gasteiger partial charge is 0.482 e. The van der Waals surface area contributed by atoms with Gasteiger partial charge in [-0.25, -0.2) is 4.79 Å². The van der Waals surface area contributed by atoms with Gasteiger partial charge in [0, 0.05) is 12.4 Å². The normalized spacial score (nSPS) is 27.7. The van der Waals surface area contributed by atoms with Crippen LogP contribution in [0.2, 0.25) is 0 Å². The number of carbonyl (C=O) groups excluding carboxylic acids is 2. The molecule has 2 unspecified atom stereocenters. The molecule has 10 heteroatoms. The molecule has 1 aromatic carbocycles. The first kappa shape index (κ1) is 29.5. The molecule has 4 aliphatic rings. The van der Waals surface area contributed by atoms with Gasteiger partial charge in [-0.3, -0.25) is 9.78 Å². The summed E-state index contributed by atoms with van der Waals surface area (Å²) >= 11 is 0. The van der Waals surface area contributed by atoms with E-state index >= 15 is 0 Å². The van der Waals surface area contributed by atoms with Crippen LogP contribution in [0.3, 0.4) is 0 Å². The minimum atomic E-state index is -0.924. The second-order valence-electron chi connectivity index (χ2n) is 13.4. The van der Waals surface area contributed by atoms with Crippen molar-refractivity contribution in [1.29, 1.82) is 0 Å². The molecule has 6 atom stereocenters. The number of methoxy groups -OCH3 is 1. The number of hydrogen-bond acceptors (Lipinski definition) is 8. The second kappa shape index (κ2) is 10.7. The number of ether oxygens (including phenoxy) is 2. The Balaban J connectivity index is 1.44. The number of pyridine rings is 1. The molecule has 3 aliphatic carbocycles. The highest BCUT2D eigenvalue weighted by Gasteiger charge is 2.68. The van der Waals surface area contributed by atoms with E-state index in [4.69, 9.17) is 24.5 Å². The van der Waals surface area contributed by atoms with Crippen molar-refractivity contribution in [3.8, 4) is 5.75 Å². The minimum Gasteiger partial charge on any atom is -0.496 e. The number of nitrogens with one attached hydrogen (secondary N) is 1. The summed E-state index contributed by atoms with van der Waals surface area (Å²) in [5.41, 5.74) is 7.03. The van der Waals surface area contributed by atoms with Gasteiger partial charge >= 0.3 is 13.1 Å². The number of carbonyl (C=O) groups is 2. The first-order valence-electron chi connectivity index (χ1n) is 14.4. The molecule has 2 heterocycles. The van der Waals surface area contributed by atoms with Crippen LogP contribution in [-0.2, 0) is 25.3 Å². The lowest BCUT2D eigenvalue weighted by Crippen LogP contribution is -2.65. The van der Waals surface area contributed by atoms with Gasteiger partial charge in [0.15, 0.2) is 0 Å². The average molecular weight is 564 g/mol. The Kier molecular flexibility index (Phi) is 7.72. The molecule has 41 heavy (non-hydrogen) atoms. The summed E-state index contributed by atoms with van der Waals surface area (Å²) in [4.78, 5) is 30.6. The minimum absolute atomic E-state index is 0.0642. The van der Waals surface area contributed by atoms with Gasteiger partial charge in [0.2, 0.25) is 5.91 Å². The lowest BCUT2D eigenvalue weighted by atomic mass is 9.43. The van der Waals surface area contributed by atoms with E-state index in [2.05, 4.69) is 31.1 Å². The summed E-state index contributed by atoms with van der Waals surface area (Å²) in [7, 11) is 0.812. The van der Waals surface area contributed by atoms with Crippen molar-refractivity contribution in [2.24, 2.45) is 23.0 Å². The van der Waals surface area contributed by atoms with Crippen LogP contribution in [0, 0.1) is 17.3 Å². The van der Waals surface area contributed by atoms with Crippen LogP contribution in [0.1, 0.15) is 81.9 Å². The van der Waals surface area contributed by atoms with Crippen LogP contribution in [0.15, 0.2) is 42.7 Å². The van der Waals surface area contributed by atoms with Gasteiger partial charge in [0.1, 0.15) is 23.0 Å². The molecule has 3 N–H and O–H groups in total. The summed E-state index contributed by atoms with van der Waals surface area (Å²) in [5, 5.41) is 3.11. The second-order valence-corrected chi connectivity index (χ2v) is 13.4. The molecular formula is C31H42BN3O6. The Morgan fingerprint density at radius 3 is 2.59 bits per heavy atom. The highest BCUT2D eigenvalue weighted by Crippen LogP contribution is 2.65. The third-order valence-corrected chi connectivity index (χ3v) is 9.31. The highest BCUT2D eigenvalue weighted by atomic mass is 16.7. The SMILES string of the molecule is COc1c(CC(NC(=O)C(N)c2cccnc2)B2O[C@@H]3C[C@@H]4C[C@@H](C4(C)C)[C@]3(C)O2)cccc1C(=O)OC(C)(C)C. The van der Waals surface area contributed by atoms with Crippen molar-refractivity contribution < 1.29 is 28.4 Å². The van der Waals surface area contributed by atoms with Crippen molar-refractivity contribution in [1.82, 2.24) is 10.3 Å². The Labute approximate surface area is 243 Å². The molecule has 0 spiro atoms. The van der Waals surface area contributed by atoms with E-state index in [1.807, 2.05) is 26.8 Å². The fourth-order valence-corrected chi connectivity index (χ4v) is 6.99. The van der Waals surface area contributed by atoms with Gasteiger partial charge in [0.25, 0.3) is 0 Å². The van der Waals surface area contributed by atoms with E-state index in [9.17, 15) is 9.59 Å². The maximum Gasteiger partial charge on any atom is 0.482 e. The molecular weight excluding hydrogens is 521 g/mol. The van der Waals surface area contributed by atoms with E-state index in [1.165, 1.54) is 7.11 Å². The monoisotopic (exact) mass is 563 g/mol. The maximum atomic E-state index is 13.5. The number of hydrogen-bond donors (Lipinski definition) is 2. The molecule has 2 bridgehead atoms. The van der Waals surface area contributed by atoms with Gasteiger partial charge < -0.3 is 29.8 Å². The fourth-order valence-electron chi connectivity index (χ4n) is 6.99. The van der Waals surface area contributed by atoms with Gasteiger partial charge in [-0.1, -0.05) is 32.0 Å². The molecule has 6 rings (SSSR count). The summed E-state index contributed by atoms with van der Waals surface area (Å²) < 4.78 is 24.7. The first-order chi connectivity index (χ1) is 19.2. The largest absolute Gasteiger partial charge is 0.496 e. The van der Waals surface area contributed by atoms with E-state index in [1.54, 1.807) is 36.7 Å². The number of aromatic nitrogens is 1. The zero-order chi connectivity index (χ0) is 29.7. The molecule has 2 aromatic rings. The third kappa shape index (κ3) is 5.49. The predicted molar refractivity (Wildman–Crippen MR) is 155 cm³/mol. The van der Waals surface area contributed by atoms with Crippen molar-refractivity contribution in [2.45, 2.75) is 90.1 Å². The quantitative estimate of drug-likeness (QED) is 0.365. The molecule has 4 fully saturated rings. The summed E-state index contributed by atoms with van der Waals surface area (Å²) in [6, 6.07) is 7.92. The summed E-state index contributed by atoms with van der Waals surface area (Å²) in [6.45, 7) is 12.2. The molecule has 1 aromatic heterocycles.